The zero-order valence-electron chi connectivity index (χ0n) is 13.7. The van der Waals surface area contributed by atoms with E-state index in [1.165, 1.54) is 43.7 Å². The monoisotopic (exact) mass is 285 g/mol. The van der Waals surface area contributed by atoms with Crippen LogP contribution >= 0.6 is 11.8 Å². The molecule has 3 atom stereocenters. The fourth-order valence-electron chi connectivity index (χ4n) is 3.36. The summed E-state index contributed by atoms with van der Waals surface area (Å²) >= 11 is 2.12. The van der Waals surface area contributed by atoms with Crippen LogP contribution in [-0.4, -0.2) is 24.1 Å². The van der Waals surface area contributed by atoms with Crippen molar-refractivity contribution in [1.29, 1.82) is 0 Å². The molecule has 1 nitrogen and oxygen atoms in total. The average Bonchev–Trinajstić information content (AvgIpc) is 2.37. The lowest BCUT2D eigenvalue weighted by Gasteiger charge is -2.38. The van der Waals surface area contributed by atoms with E-state index in [9.17, 15) is 0 Å². The molecule has 0 aromatic heterocycles. The minimum absolute atomic E-state index is 0.633. The molecule has 3 unspecified atom stereocenters. The third kappa shape index (κ3) is 6.53. The Balaban J connectivity index is 2.46. The molecule has 0 aromatic rings. The van der Waals surface area contributed by atoms with Gasteiger partial charge in [-0.05, 0) is 67.4 Å². The van der Waals surface area contributed by atoms with Gasteiger partial charge in [-0.15, -0.1) is 0 Å². The fraction of sp³-hybridized carbons (Fsp3) is 1.00. The average molecular weight is 286 g/mol. The minimum atomic E-state index is 0.633. The largest absolute Gasteiger partial charge is 0.314 e. The first kappa shape index (κ1) is 17.4. The molecule has 0 heterocycles. The first-order valence-corrected chi connectivity index (χ1v) is 9.51. The first-order valence-electron chi connectivity index (χ1n) is 8.35. The van der Waals surface area contributed by atoms with Gasteiger partial charge in [-0.25, -0.2) is 0 Å². The SMILES string of the molecule is CCSCCC1CC(C(C)C)CCC1CNC(C)C. The highest BCUT2D eigenvalue weighted by atomic mass is 32.2. The summed E-state index contributed by atoms with van der Waals surface area (Å²) in [5, 5.41) is 3.67. The van der Waals surface area contributed by atoms with Crippen LogP contribution in [0.25, 0.3) is 0 Å². The Morgan fingerprint density at radius 2 is 1.84 bits per heavy atom. The molecule has 114 valence electrons. The molecule has 0 bridgehead atoms. The van der Waals surface area contributed by atoms with E-state index in [-0.39, 0.29) is 0 Å². The second-order valence-electron chi connectivity index (χ2n) is 6.89. The van der Waals surface area contributed by atoms with Crippen molar-refractivity contribution in [1.82, 2.24) is 5.32 Å². The van der Waals surface area contributed by atoms with Crippen LogP contribution in [0.3, 0.4) is 0 Å². The summed E-state index contributed by atoms with van der Waals surface area (Å²) in [6, 6.07) is 0.633. The maximum Gasteiger partial charge on any atom is 0.00104 e. The van der Waals surface area contributed by atoms with E-state index in [1.807, 2.05) is 0 Å². The summed E-state index contributed by atoms with van der Waals surface area (Å²) in [5.41, 5.74) is 0. The molecule has 1 fully saturated rings. The minimum Gasteiger partial charge on any atom is -0.314 e. The molecule has 0 saturated heterocycles. The van der Waals surface area contributed by atoms with Gasteiger partial charge in [0, 0.05) is 6.04 Å². The van der Waals surface area contributed by atoms with Crippen molar-refractivity contribution < 1.29 is 0 Å². The van der Waals surface area contributed by atoms with E-state index >= 15 is 0 Å². The second kappa shape index (κ2) is 9.28. The molecule has 0 aromatic carbocycles. The van der Waals surface area contributed by atoms with Gasteiger partial charge < -0.3 is 5.32 Å². The van der Waals surface area contributed by atoms with Crippen molar-refractivity contribution in [2.75, 3.05) is 18.1 Å². The van der Waals surface area contributed by atoms with Gasteiger partial charge in [0.2, 0.25) is 0 Å². The van der Waals surface area contributed by atoms with Crippen molar-refractivity contribution >= 4 is 11.8 Å². The second-order valence-corrected chi connectivity index (χ2v) is 8.28. The lowest BCUT2D eigenvalue weighted by atomic mass is 9.69. The quantitative estimate of drug-likeness (QED) is 0.642. The summed E-state index contributed by atoms with van der Waals surface area (Å²) in [4.78, 5) is 0. The maximum absolute atomic E-state index is 3.67. The standard InChI is InChI=1S/C17H35NS/c1-6-19-10-9-16-11-15(13(2)3)7-8-17(16)12-18-14(4)5/h13-18H,6-12H2,1-5H3. The highest BCUT2D eigenvalue weighted by Gasteiger charge is 2.31. The molecule has 0 spiro atoms. The van der Waals surface area contributed by atoms with Crippen LogP contribution in [0.5, 0.6) is 0 Å². The van der Waals surface area contributed by atoms with E-state index in [2.05, 4.69) is 51.7 Å². The molecule has 19 heavy (non-hydrogen) atoms. The zero-order valence-corrected chi connectivity index (χ0v) is 14.6. The topological polar surface area (TPSA) is 12.0 Å². The highest BCUT2D eigenvalue weighted by Crippen LogP contribution is 2.39. The Bertz CT molecular complexity index is 227. The Hall–Kier alpha value is 0.310. The van der Waals surface area contributed by atoms with E-state index in [1.54, 1.807) is 0 Å². The summed E-state index contributed by atoms with van der Waals surface area (Å²) in [6.07, 6.45) is 5.82. The Morgan fingerprint density at radius 3 is 2.42 bits per heavy atom. The number of nitrogens with one attached hydrogen (secondary N) is 1. The van der Waals surface area contributed by atoms with Gasteiger partial charge in [0.1, 0.15) is 0 Å². The molecular weight excluding hydrogens is 250 g/mol. The van der Waals surface area contributed by atoms with Crippen LogP contribution in [0.1, 0.15) is 60.3 Å². The molecule has 1 saturated carbocycles. The predicted octanol–water partition coefficient (Wildman–Crippen LogP) is 4.82. The smallest absolute Gasteiger partial charge is 0.00104 e. The molecule has 0 radical (unpaired) electrons. The van der Waals surface area contributed by atoms with Crippen LogP contribution in [0.15, 0.2) is 0 Å². The van der Waals surface area contributed by atoms with Gasteiger partial charge in [0.15, 0.2) is 0 Å². The van der Waals surface area contributed by atoms with Crippen LogP contribution < -0.4 is 5.32 Å². The van der Waals surface area contributed by atoms with Crippen molar-refractivity contribution in [3.8, 4) is 0 Å². The third-order valence-corrected chi connectivity index (χ3v) is 5.68. The number of rotatable bonds is 8. The van der Waals surface area contributed by atoms with Gasteiger partial charge in [-0.2, -0.15) is 11.8 Å². The van der Waals surface area contributed by atoms with Crippen molar-refractivity contribution in [3.63, 3.8) is 0 Å². The summed E-state index contributed by atoms with van der Waals surface area (Å²) in [5.74, 6) is 6.38. The van der Waals surface area contributed by atoms with Gasteiger partial charge in [-0.3, -0.25) is 0 Å². The lowest BCUT2D eigenvalue weighted by Crippen LogP contribution is -2.37. The Morgan fingerprint density at radius 1 is 1.11 bits per heavy atom. The molecule has 0 aliphatic heterocycles. The normalized spacial score (nSPS) is 28.3. The van der Waals surface area contributed by atoms with Crippen LogP contribution in [-0.2, 0) is 0 Å². The van der Waals surface area contributed by atoms with Gasteiger partial charge in [0.05, 0.1) is 0 Å². The fourth-order valence-corrected chi connectivity index (χ4v) is 4.12. The summed E-state index contributed by atoms with van der Waals surface area (Å²) in [6.45, 7) is 12.9. The van der Waals surface area contributed by atoms with Crippen molar-refractivity contribution in [2.24, 2.45) is 23.7 Å². The Labute approximate surface area is 125 Å². The molecule has 1 rings (SSSR count). The maximum atomic E-state index is 3.67. The van der Waals surface area contributed by atoms with Gasteiger partial charge in [-0.1, -0.05) is 34.6 Å². The summed E-state index contributed by atoms with van der Waals surface area (Å²) < 4.78 is 0. The van der Waals surface area contributed by atoms with E-state index < -0.39 is 0 Å². The van der Waals surface area contributed by atoms with Crippen LogP contribution in [0.2, 0.25) is 0 Å². The molecule has 1 N–H and O–H groups in total. The number of hydrogen-bond donors (Lipinski definition) is 1. The number of thioether (sulfide) groups is 1. The zero-order chi connectivity index (χ0) is 14.3. The predicted molar refractivity (Wildman–Crippen MR) is 89.9 cm³/mol. The molecule has 1 aliphatic rings. The van der Waals surface area contributed by atoms with E-state index in [0.29, 0.717) is 6.04 Å². The van der Waals surface area contributed by atoms with Crippen LogP contribution in [0, 0.1) is 23.7 Å². The van der Waals surface area contributed by atoms with E-state index in [4.69, 9.17) is 0 Å². The van der Waals surface area contributed by atoms with Crippen LogP contribution in [0.4, 0.5) is 0 Å². The first-order chi connectivity index (χ1) is 9.04. The van der Waals surface area contributed by atoms with Crippen molar-refractivity contribution in [2.45, 2.75) is 66.3 Å². The lowest BCUT2D eigenvalue weighted by molar-refractivity contribution is 0.141. The molecule has 1 aliphatic carbocycles. The number of hydrogen-bond acceptors (Lipinski definition) is 2. The van der Waals surface area contributed by atoms with Gasteiger partial charge in [0.25, 0.3) is 0 Å². The molecular formula is C17H35NS. The highest BCUT2D eigenvalue weighted by molar-refractivity contribution is 7.99. The Kier molecular flexibility index (Phi) is 8.48. The third-order valence-electron chi connectivity index (χ3n) is 4.75. The molecule has 0 amide bonds. The van der Waals surface area contributed by atoms with Crippen molar-refractivity contribution in [3.05, 3.63) is 0 Å². The van der Waals surface area contributed by atoms with E-state index in [0.717, 1.165) is 23.7 Å². The molecule has 2 heteroatoms. The summed E-state index contributed by atoms with van der Waals surface area (Å²) in [7, 11) is 0. The van der Waals surface area contributed by atoms with Gasteiger partial charge >= 0.3 is 0 Å².